The van der Waals surface area contributed by atoms with Gasteiger partial charge in [0.25, 0.3) is 0 Å². The van der Waals surface area contributed by atoms with Crippen molar-refractivity contribution in [2.45, 2.75) is 32.8 Å². The predicted octanol–water partition coefficient (Wildman–Crippen LogP) is 1.19. The minimum absolute atomic E-state index is 0.0543. The lowest BCUT2D eigenvalue weighted by molar-refractivity contribution is -0.147. The molecule has 0 radical (unpaired) electrons. The van der Waals surface area contributed by atoms with Crippen LogP contribution in [0.3, 0.4) is 0 Å². The summed E-state index contributed by atoms with van der Waals surface area (Å²) in [6.45, 7) is 4.78. The summed E-state index contributed by atoms with van der Waals surface area (Å²) in [5.74, 6) is -2.19. The van der Waals surface area contributed by atoms with E-state index >= 15 is 0 Å². The van der Waals surface area contributed by atoms with Crippen LogP contribution in [0.5, 0.6) is 0 Å². The lowest BCUT2D eigenvalue weighted by Crippen LogP contribution is -2.41. The largest absolute Gasteiger partial charge is 0.481 e. The van der Waals surface area contributed by atoms with Crippen molar-refractivity contribution in [2.75, 3.05) is 13.2 Å². The molecule has 0 saturated carbocycles. The van der Waals surface area contributed by atoms with Crippen molar-refractivity contribution >= 4 is 11.9 Å². The molecular weight excluding hydrogens is 234 g/mol. The lowest BCUT2D eigenvalue weighted by atomic mass is 9.82. The number of carbonyl (C=O) groups is 2. The second-order valence-electron chi connectivity index (χ2n) is 4.51. The Balaban J connectivity index is 2.49. The van der Waals surface area contributed by atoms with Crippen LogP contribution in [-0.4, -0.2) is 36.2 Å². The molecular formula is C13H21NO4. The molecule has 3 unspecified atom stereocenters. The Morgan fingerprint density at radius 1 is 1.39 bits per heavy atom. The van der Waals surface area contributed by atoms with Crippen molar-refractivity contribution in [3.05, 3.63) is 12.2 Å². The van der Waals surface area contributed by atoms with Gasteiger partial charge in [-0.15, -0.1) is 0 Å². The Bertz CT molecular complexity index is 327. The average Bonchev–Trinajstić information content (AvgIpc) is 2.36. The van der Waals surface area contributed by atoms with Gasteiger partial charge in [-0.05, 0) is 26.7 Å². The molecule has 3 atom stereocenters. The number of amides is 1. The summed E-state index contributed by atoms with van der Waals surface area (Å²) in [5.41, 5.74) is 0. The molecule has 5 heteroatoms. The second kappa shape index (κ2) is 7.16. The number of allylic oxidation sites excluding steroid dienone is 2. The molecule has 0 fully saturated rings. The number of carboxylic acid groups (broad SMARTS) is 1. The highest BCUT2D eigenvalue weighted by Gasteiger charge is 2.33. The maximum absolute atomic E-state index is 12.0. The van der Waals surface area contributed by atoms with Crippen molar-refractivity contribution < 1.29 is 19.4 Å². The minimum Gasteiger partial charge on any atom is -0.481 e. The SMILES string of the molecule is CCOC(C)CNC(=O)C1CC=CCC1C(=O)O. The van der Waals surface area contributed by atoms with Gasteiger partial charge in [0.15, 0.2) is 0 Å². The Kier molecular flexibility index (Phi) is 5.85. The first-order valence-corrected chi connectivity index (χ1v) is 6.33. The fraction of sp³-hybridized carbons (Fsp3) is 0.692. The highest BCUT2D eigenvalue weighted by atomic mass is 16.5. The number of hydrogen-bond donors (Lipinski definition) is 2. The van der Waals surface area contributed by atoms with E-state index in [4.69, 9.17) is 9.84 Å². The van der Waals surface area contributed by atoms with Crippen LogP contribution < -0.4 is 5.32 Å². The van der Waals surface area contributed by atoms with Gasteiger partial charge in [0.2, 0.25) is 5.91 Å². The van der Waals surface area contributed by atoms with Crippen LogP contribution in [-0.2, 0) is 14.3 Å². The normalized spacial score (nSPS) is 24.6. The number of rotatable bonds is 6. The van der Waals surface area contributed by atoms with Crippen LogP contribution in [0.4, 0.5) is 0 Å². The number of hydrogen-bond acceptors (Lipinski definition) is 3. The molecule has 0 bridgehead atoms. The summed E-state index contributed by atoms with van der Waals surface area (Å²) in [4.78, 5) is 23.0. The maximum atomic E-state index is 12.0. The van der Waals surface area contributed by atoms with Gasteiger partial charge in [-0.3, -0.25) is 9.59 Å². The summed E-state index contributed by atoms with van der Waals surface area (Å²) in [6, 6.07) is 0. The molecule has 5 nitrogen and oxygen atoms in total. The van der Waals surface area contributed by atoms with Crippen LogP contribution in [0, 0.1) is 11.8 Å². The zero-order chi connectivity index (χ0) is 13.5. The number of carboxylic acids is 1. The van der Waals surface area contributed by atoms with Crippen molar-refractivity contribution in [2.24, 2.45) is 11.8 Å². The van der Waals surface area contributed by atoms with Crippen LogP contribution in [0.2, 0.25) is 0 Å². The summed E-state index contributed by atoms with van der Waals surface area (Å²) in [5, 5.41) is 11.8. The standard InChI is InChI=1S/C13H21NO4/c1-3-18-9(2)8-14-12(15)10-6-4-5-7-11(10)13(16)17/h4-5,9-11H,3,6-8H2,1-2H3,(H,14,15)(H,16,17). The lowest BCUT2D eigenvalue weighted by Gasteiger charge is -2.24. The van der Waals surface area contributed by atoms with E-state index in [1.54, 1.807) is 0 Å². The predicted molar refractivity (Wildman–Crippen MR) is 67.1 cm³/mol. The van der Waals surface area contributed by atoms with E-state index in [1.807, 2.05) is 26.0 Å². The summed E-state index contributed by atoms with van der Waals surface area (Å²) >= 11 is 0. The highest BCUT2D eigenvalue weighted by molar-refractivity contribution is 5.85. The van der Waals surface area contributed by atoms with Gasteiger partial charge in [-0.1, -0.05) is 12.2 Å². The highest BCUT2D eigenvalue weighted by Crippen LogP contribution is 2.25. The quantitative estimate of drug-likeness (QED) is 0.699. The first-order chi connectivity index (χ1) is 8.56. The molecule has 0 aromatic carbocycles. The zero-order valence-electron chi connectivity index (χ0n) is 10.9. The molecule has 0 heterocycles. The van der Waals surface area contributed by atoms with Gasteiger partial charge in [-0.25, -0.2) is 0 Å². The van der Waals surface area contributed by atoms with Gasteiger partial charge in [0.05, 0.1) is 17.9 Å². The van der Waals surface area contributed by atoms with E-state index < -0.39 is 17.8 Å². The van der Waals surface area contributed by atoms with E-state index in [1.165, 1.54) is 0 Å². The Morgan fingerprint density at radius 3 is 2.56 bits per heavy atom. The van der Waals surface area contributed by atoms with Crippen molar-refractivity contribution in [3.8, 4) is 0 Å². The molecule has 0 aromatic heterocycles. The van der Waals surface area contributed by atoms with Crippen molar-refractivity contribution in [1.82, 2.24) is 5.32 Å². The van der Waals surface area contributed by atoms with Crippen LogP contribution in [0.25, 0.3) is 0 Å². The van der Waals surface area contributed by atoms with Gasteiger partial charge >= 0.3 is 5.97 Å². The zero-order valence-corrected chi connectivity index (χ0v) is 10.9. The molecule has 1 aliphatic carbocycles. The number of carbonyl (C=O) groups excluding carboxylic acids is 1. The Hall–Kier alpha value is -1.36. The fourth-order valence-corrected chi connectivity index (χ4v) is 2.10. The molecule has 0 spiro atoms. The van der Waals surface area contributed by atoms with Gasteiger partial charge < -0.3 is 15.2 Å². The summed E-state index contributed by atoms with van der Waals surface area (Å²) in [7, 11) is 0. The molecule has 1 amide bonds. The van der Waals surface area contributed by atoms with Gasteiger partial charge in [0.1, 0.15) is 0 Å². The van der Waals surface area contributed by atoms with Crippen molar-refractivity contribution in [3.63, 3.8) is 0 Å². The number of nitrogens with one attached hydrogen (secondary N) is 1. The number of ether oxygens (including phenoxy) is 1. The van der Waals surface area contributed by atoms with E-state index in [2.05, 4.69) is 5.32 Å². The van der Waals surface area contributed by atoms with Crippen LogP contribution >= 0.6 is 0 Å². The molecule has 0 aliphatic heterocycles. The molecule has 1 rings (SSSR count). The second-order valence-corrected chi connectivity index (χ2v) is 4.51. The third kappa shape index (κ3) is 4.14. The first-order valence-electron chi connectivity index (χ1n) is 6.33. The summed E-state index contributed by atoms with van der Waals surface area (Å²) < 4.78 is 5.31. The fourth-order valence-electron chi connectivity index (χ4n) is 2.10. The van der Waals surface area contributed by atoms with Crippen LogP contribution in [0.15, 0.2) is 12.2 Å². The van der Waals surface area contributed by atoms with Crippen LogP contribution in [0.1, 0.15) is 26.7 Å². The molecule has 18 heavy (non-hydrogen) atoms. The Morgan fingerprint density at radius 2 is 2.00 bits per heavy atom. The smallest absolute Gasteiger partial charge is 0.307 e. The molecule has 2 N–H and O–H groups in total. The number of aliphatic carboxylic acids is 1. The van der Waals surface area contributed by atoms with E-state index in [-0.39, 0.29) is 12.0 Å². The summed E-state index contributed by atoms with van der Waals surface area (Å²) in [6.07, 6.45) is 4.56. The van der Waals surface area contributed by atoms with E-state index in [0.717, 1.165) is 0 Å². The van der Waals surface area contributed by atoms with E-state index in [9.17, 15) is 9.59 Å². The average molecular weight is 255 g/mol. The third-order valence-corrected chi connectivity index (χ3v) is 3.10. The van der Waals surface area contributed by atoms with Crippen molar-refractivity contribution in [1.29, 1.82) is 0 Å². The topological polar surface area (TPSA) is 75.6 Å². The molecule has 0 aromatic rings. The van der Waals surface area contributed by atoms with Gasteiger partial charge in [-0.2, -0.15) is 0 Å². The third-order valence-electron chi connectivity index (χ3n) is 3.10. The van der Waals surface area contributed by atoms with Gasteiger partial charge in [0, 0.05) is 13.2 Å². The molecule has 1 aliphatic rings. The minimum atomic E-state index is -0.905. The molecule has 0 saturated heterocycles. The maximum Gasteiger partial charge on any atom is 0.307 e. The first kappa shape index (κ1) is 14.7. The van der Waals surface area contributed by atoms with E-state index in [0.29, 0.717) is 26.0 Å². The molecule has 102 valence electrons. The monoisotopic (exact) mass is 255 g/mol. The Labute approximate surface area is 107 Å².